The van der Waals surface area contributed by atoms with Crippen molar-refractivity contribution in [1.29, 1.82) is 0 Å². The number of fused-ring (bicyclic) bond motifs is 6. The summed E-state index contributed by atoms with van der Waals surface area (Å²) in [6.07, 6.45) is 27.8. The lowest BCUT2D eigenvalue weighted by atomic mass is 9.64. The van der Waals surface area contributed by atoms with Gasteiger partial charge in [0.15, 0.2) is 0 Å². The van der Waals surface area contributed by atoms with Crippen molar-refractivity contribution < 1.29 is 4.74 Å². The molecule has 0 N–H and O–H groups in total. The smallest absolute Gasteiger partial charge is 0.124 e. The molecular weight excluding hydrogens is 486 g/mol. The Hall–Kier alpha value is -2.22. The molecule has 214 valence electrons. The Bertz CT molecular complexity index is 1300. The summed E-state index contributed by atoms with van der Waals surface area (Å²) in [5, 5.41) is 0. The number of rotatable bonds is 1. The predicted octanol–water partition coefficient (Wildman–Crippen LogP) is 9.81. The number of hydrogen-bond acceptors (Lipinski definition) is 2. The maximum atomic E-state index is 6.96. The fraction of sp³-hybridized carbons (Fsp3) is 0.632. The van der Waals surface area contributed by atoms with Gasteiger partial charge in [-0.25, -0.2) is 0 Å². The number of allylic oxidation sites excluding steroid dienone is 9. The van der Waals surface area contributed by atoms with Crippen LogP contribution in [0.25, 0.3) is 0 Å². The lowest BCUT2D eigenvalue weighted by molar-refractivity contribution is 0.106. The largest absolute Gasteiger partial charge is 0.489 e. The van der Waals surface area contributed by atoms with Crippen molar-refractivity contribution in [2.75, 3.05) is 0 Å². The lowest BCUT2D eigenvalue weighted by Gasteiger charge is -2.50. The molecule has 0 spiro atoms. The third kappa shape index (κ3) is 4.35. The third-order valence-corrected chi connectivity index (χ3v) is 11.3. The van der Waals surface area contributed by atoms with Crippen LogP contribution in [-0.4, -0.2) is 17.0 Å². The van der Waals surface area contributed by atoms with E-state index in [1.807, 2.05) is 0 Å². The Labute approximate surface area is 243 Å². The van der Waals surface area contributed by atoms with Crippen molar-refractivity contribution in [2.45, 2.75) is 112 Å². The molecule has 1 saturated heterocycles. The molecule has 5 aliphatic carbocycles. The van der Waals surface area contributed by atoms with Gasteiger partial charge in [-0.3, -0.25) is 0 Å². The van der Waals surface area contributed by atoms with E-state index in [2.05, 4.69) is 95.9 Å². The summed E-state index contributed by atoms with van der Waals surface area (Å²) in [6, 6.07) is 0.410. The Morgan fingerprint density at radius 1 is 0.875 bits per heavy atom. The monoisotopic (exact) mass is 537 g/mol. The highest BCUT2D eigenvalue weighted by Gasteiger charge is 2.49. The highest BCUT2D eigenvalue weighted by molar-refractivity contribution is 5.63. The van der Waals surface area contributed by atoms with Crippen LogP contribution in [0.5, 0.6) is 0 Å². The third-order valence-electron chi connectivity index (χ3n) is 11.3. The number of likely N-dealkylation sites (tertiary alicyclic amines) is 1. The van der Waals surface area contributed by atoms with Crippen molar-refractivity contribution in [1.82, 2.24) is 4.90 Å². The molecule has 0 aromatic carbocycles. The van der Waals surface area contributed by atoms with Gasteiger partial charge in [0.1, 0.15) is 11.9 Å². The molecule has 0 amide bonds. The topological polar surface area (TPSA) is 12.5 Å². The van der Waals surface area contributed by atoms with Gasteiger partial charge in [0.25, 0.3) is 0 Å². The molecule has 0 saturated carbocycles. The van der Waals surface area contributed by atoms with E-state index in [9.17, 15) is 0 Å². The summed E-state index contributed by atoms with van der Waals surface area (Å²) in [5.74, 6) is 4.28. The van der Waals surface area contributed by atoms with Crippen molar-refractivity contribution >= 4 is 0 Å². The van der Waals surface area contributed by atoms with E-state index in [-0.39, 0.29) is 5.41 Å². The van der Waals surface area contributed by atoms with Crippen LogP contribution in [0.2, 0.25) is 0 Å². The lowest BCUT2D eigenvalue weighted by Crippen LogP contribution is -2.45. The van der Waals surface area contributed by atoms with Gasteiger partial charge in [-0.2, -0.15) is 0 Å². The zero-order valence-electron chi connectivity index (χ0n) is 26.1. The van der Waals surface area contributed by atoms with E-state index < -0.39 is 0 Å². The summed E-state index contributed by atoms with van der Waals surface area (Å²) in [4.78, 5) is 2.82. The molecule has 1 fully saturated rings. The molecule has 2 aliphatic heterocycles. The molecule has 0 aromatic rings. The first-order valence-corrected chi connectivity index (χ1v) is 16.4. The van der Waals surface area contributed by atoms with Gasteiger partial charge in [-0.15, -0.1) is 0 Å². The van der Waals surface area contributed by atoms with Crippen LogP contribution in [0.3, 0.4) is 0 Å². The molecule has 2 bridgehead atoms. The van der Waals surface area contributed by atoms with E-state index in [4.69, 9.17) is 4.74 Å². The zero-order valence-corrected chi connectivity index (χ0v) is 26.1. The minimum absolute atomic E-state index is 0.210. The van der Waals surface area contributed by atoms with Crippen LogP contribution >= 0.6 is 0 Å². The molecule has 7 rings (SSSR count). The first kappa shape index (κ1) is 26.7. The van der Waals surface area contributed by atoms with Crippen LogP contribution in [0.15, 0.2) is 82.0 Å². The Kier molecular flexibility index (Phi) is 6.27. The predicted molar refractivity (Wildman–Crippen MR) is 166 cm³/mol. The second-order valence-electron chi connectivity index (χ2n) is 16.2. The normalized spacial score (nSPS) is 37.0. The van der Waals surface area contributed by atoms with E-state index in [1.54, 1.807) is 16.7 Å². The van der Waals surface area contributed by atoms with Gasteiger partial charge in [0.05, 0.1) is 6.04 Å². The van der Waals surface area contributed by atoms with Crippen LogP contribution in [0, 0.1) is 40.4 Å². The van der Waals surface area contributed by atoms with Crippen LogP contribution in [-0.2, 0) is 4.74 Å². The molecular formula is C38H51NO. The molecule has 7 unspecified atom stereocenters. The van der Waals surface area contributed by atoms with Gasteiger partial charge in [-0.05, 0) is 109 Å². The molecule has 2 heteroatoms. The fourth-order valence-electron chi connectivity index (χ4n) is 8.81. The zero-order chi connectivity index (χ0) is 28.0. The molecule has 2 nitrogen and oxygen atoms in total. The average molecular weight is 538 g/mol. The van der Waals surface area contributed by atoms with E-state index in [0.717, 1.165) is 19.3 Å². The molecule has 0 aromatic heterocycles. The minimum atomic E-state index is 0.210. The van der Waals surface area contributed by atoms with Crippen molar-refractivity contribution in [3.63, 3.8) is 0 Å². The summed E-state index contributed by atoms with van der Waals surface area (Å²) >= 11 is 0. The van der Waals surface area contributed by atoms with E-state index in [1.165, 1.54) is 54.8 Å². The van der Waals surface area contributed by atoms with Gasteiger partial charge >= 0.3 is 0 Å². The maximum absolute atomic E-state index is 6.96. The highest BCUT2D eigenvalue weighted by Crippen LogP contribution is 2.58. The second-order valence-corrected chi connectivity index (χ2v) is 16.2. The minimum Gasteiger partial charge on any atom is -0.489 e. The van der Waals surface area contributed by atoms with Crippen molar-refractivity contribution in [3.8, 4) is 0 Å². The number of ether oxygens (including phenoxy) is 1. The molecule has 40 heavy (non-hydrogen) atoms. The Balaban J connectivity index is 1.41. The Morgan fingerprint density at radius 3 is 2.40 bits per heavy atom. The Morgan fingerprint density at radius 2 is 1.68 bits per heavy atom. The average Bonchev–Trinajstić information content (AvgIpc) is 3.29. The van der Waals surface area contributed by atoms with Crippen molar-refractivity contribution in [2.24, 2.45) is 40.4 Å². The van der Waals surface area contributed by atoms with Gasteiger partial charge < -0.3 is 9.64 Å². The molecule has 2 heterocycles. The fourth-order valence-corrected chi connectivity index (χ4v) is 8.81. The standard InChI is InChI=1S/C38H51NO/c1-23-12-17-32-24(18-23)19-25-20-30-31(35-29-10-8-9-11-34(29)40-36(25)35)21-27(38(5,6)7)22-33(30)39(32)28-15-13-26(14-16-28)37(2,3)4/h10,12-13,15-17,22-27,32,34H,8-9,11,14,18-21H2,1-7H3. The first-order chi connectivity index (χ1) is 19.0. The summed E-state index contributed by atoms with van der Waals surface area (Å²) < 4.78 is 6.96. The molecule has 0 radical (unpaired) electrons. The summed E-state index contributed by atoms with van der Waals surface area (Å²) in [5.41, 5.74) is 9.81. The van der Waals surface area contributed by atoms with E-state index >= 15 is 0 Å². The molecule has 7 atom stereocenters. The van der Waals surface area contributed by atoms with Crippen LogP contribution in [0.4, 0.5) is 0 Å². The number of hydrogen-bond donors (Lipinski definition) is 0. The van der Waals surface area contributed by atoms with Gasteiger partial charge in [-0.1, -0.05) is 84.9 Å². The van der Waals surface area contributed by atoms with Gasteiger partial charge in [0, 0.05) is 22.9 Å². The van der Waals surface area contributed by atoms with Crippen LogP contribution in [0.1, 0.15) is 99.8 Å². The molecule has 7 aliphatic rings. The highest BCUT2D eigenvalue weighted by atomic mass is 16.5. The van der Waals surface area contributed by atoms with Crippen molar-refractivity contribution in [3.05, 3.63) is 82.0 Å². The summed E-state index contributed by atoms with van der Waals surface area (Å²) in [6.45, 7) is 16.9. The van der Waals surface area contributed by atoms with E-state index in [0.29, 0.717) is 47.2 Å². The summed E-state index contributed by atoms with van der Waals surface area (Å²) in [7, 11) is 0. The van der Waals surface area contributed by atoms with Crippen LogP contribution < -0.4 is 0 Å². The number of nitrogens with zero attached hydrogens (tertiary/aromatic N) is 1. The van der Waals surface area contributed by atoms with Gasteiger partial charge in [0.2, 0.25) is 0 Å². The second kappa shape index (κ2) is 9.40. The quantitative estimate of drug-likeness (QED) is 0.309. The maximum Gasteiger partial charge on any atom is 0.124 e. The first-order valence-electron chi connectivity index (χ1n) is 16.4. The SMILES string of the molecule is CC1C=CC2C(C1)CC1CC3=C(CC(C(C)(C)C)C=C3N2C2=CCC(C(C)(C)C)C=C2)C2=C1OC1CCCC=C21.